The first-order valence-corrected chi connectivity index (χ1v) is 5.26. The van der Waals surface area contributed by atoms with Crippen LogP contribution in [0, 0.1) is 11.8 Å². The van der Waals surface area contributed by atoms with Crippen LogP contribution in [0.25, 0.3) is 0 Å². The van der Waals surface area contributed by atoms with E-state index in [0.29, 0.717) is 6.10 Å². The molecule has 0 amide bonds. The second-order valence-electron chi connectivity index (χ2n) is 3.63. The molecule has 1 heteroatoms. The maximum Gasteiger partial charge on any atom is 0.0574 e. The van der Waals surface area contributed by atoms with E-state index >= 15 is 0 Å². The molecule has 0 saturated heterocycles. The zero-order valence-electron chi connectivity index (χ0n) is 9.26. The average Bonchev–Trinajstić information content (AvgIpc) is 2.13. The van der Waals surface area contributed by atoms with Gasteiger partial charge in [0.25, 0.3) is 0 Å². The van der Waals surface area contributed by atoms with Gasteiger partial charge in [0.05, 0.1) is 6.10 Å². The summed E-state index contributed by atoms with van der Waals surface area (Å²) in [5.41, 5.74) is 0. The van der Waals surface area contributed by atoms with E-state index in [0.717, 1.165) is 11.8 Å². The van der Waals surface area contributed by atoms with Gasteiger partial charge in [-0.3, -0.25) is 0 Å². The van der Waals surface area contributed by atoms with E-state index in [4.69, 9.17) is 4.74 Å². The summed E-state index contributed by atoms with van der Waals surface area (Å²) < 4.78 is 5.31. The molecule has 0 aromatic carbocycles. The molecule has 3 atom stereocenters. The Morgan fingerprint density at radius 3 is 2.00 bits per heavy atom. The number of ether oxygens (including phenoxy) is 1. The fourth-order valence-corrected chi connectivity index (χ4v) is 1.71. The van der Waals surface area contributed by atoms with Crippen LogP contribution in [-0.4, -0.2) is 13.2 Å². The Bertz CT molecular complexity index is 101. The SMILES string of the molecule is CC.COC1CCC(C)C(C)C1. The van der Waals surface area contributed by atoms with Crippen molar-refractivity contribution in [2.75, 3.05) is 7.11 Å². The highest BCUT2D eigenvalue weighted by molar-refractivity contribution is 4.74. The molecule has 1 nitrogen and oxygen atoms in total. The Labute approximate surface area is 77.5 Å². The molecule has 74 valence electrons. The van der Waals surface area contributed by atoms with Crippen LogP contribution in [0.1, 0.15) is 47.0 Å². The third-order valence-electron chi connectivity index (χ3n) is 2.88. The van der Waals surface area contributed by atoms with Crippen molar-refractivity contribution in [3.63, 3.8) is 0 Å². The molecule has 0 radical (unpaired) electrons. The van der Waals surface area contributed by atoms with Crippen molar-refractivity contribution in [3.8, 4) is 0 Å². The summed E-state index contributed by atoms with van der Waals surface area (Å²) in [6.45, 7) is 8.67. The minimum absolute atomic E-state index is 0.547. The van der Waals surface area contributed by atoms with Crippen LogP contribution in [0.3, 0.4) is 0 Å². The zero-order valence-corrected chi connectivity index (χ0v) is 9.26. The van der Waals surface area contributed by atoms with Gasteiger partial charge in [0.15, 0.2) is 0 Å². The molecule has 0 aromatic heterocycles. The quantitative estimate of drug-likeness (QED) is 0.588. The molecule has 1 fully saturated rings. The summed E-state index contributed by atoms with van der Waals surface area (Å²) in [5, 5.41) is 0. The standard InChI is InChI=1S/C9H18O.C2H6/c1-7-4-5-9(10-3)6-8(7)2;1-2/h7-9H,4-6H2,1-3H3;1-2H3. The Morgan fingerprint density at radius 1 is 1.00 bits per heavy atom. The maximum atomic E-state index is 5.31. The second-order valence-corrected chi connectivity index (χ2v) is 3.63. The molecule has 1 saturated carbocycles. The van der Waals surface area contributed by atoms with Gasteiger partial charge >= 0.3 is 0 Å². The van der Waals surface area contributed by atoms with Crippen molar-refractivity contribution < 1.29 is 4.74 Å². The fraction of sp³-hybridized carbons (Fsp3) is 1.00. The maximum absolute atomic E-state index is 5.31. The highest BCUT2D eigenvalue weighted by Crippen LogP contribution is 2.30. The molecule has 1 aliphatic rings. The summed E-state index contributed by atoms with van der Waals surface area (Å²) in [6, 6.07) is 0. The van der Waals surface area contributed by atoms with Crippen LogP contribution < -0.4 is 0 Å². The van der Waals surface area contributed by atoms with Gasteiger partial charge in [-0.1, -0.05) is 27.7 Å². The Hall–Kier alpha value is -0.0400. The number of methoxy groups -OCH3 is 1. The predicted octanol–water partition coefficient (Wildman–Crippen LogP) is 3.48. The minimum Gasteiger partial charge on any atom is -0.381 e. The average molecular weight is 172 g/mol. The predicted molar refractivity (Wildman–Crippen MR) is 54.3 cm³/mol. The molecule has 0 spiro atoms. The van der Waals surface area contributed by atoms with Crippen LogP contribution >= 0.6 is 0 Å². The van der Waals surface area contributed by atoms with E-state index in [1.165, 1.54) is 19.3 Å². The number of rotatable bonds is 1. The summed E-state index contributed by atoms with van der Waals surface area (Å²) in [6.07, 6.45) is 4.42. The topological polar surface area (TPSA) is 9.23 Å². The number of hydrogen-bond donors (Lipinski definition) is 0. The highest BCUT2D eigenvalue weighted by atomic mass is 16.5. The lowest BCUT2D eigenvalue weighted by Crippen LogP contribution is -2.25. The zero-order chi connectivity index (χ0) is 9.56. The van der Waals surface area contributed by atoms with Crippen LogP contribution in [-0.2, 0) is 4.74 Å². The molecule has 0 N–H and O–H groups in total. The van der Waals surface area contributed by atoms with Gasteiger partial charge in [0.2, 0.25) is 0 Å². The molecular weight excluding hydrogens is 148 g/mol. The van der Waals surface area contributed by atoms with E-state index in [1.807, 2.05) is 21.0 Å². The minimum atomic E-state index is 0.547. The molecule has 0 aliphatic heterocycles. The van der Waals surface area contributed by atoms with Crippen molar-refractivity contribution in [2.45, 2.75) is 53.1 Å². The van der Waals surface area contributed by atoms with Crippen LogP contribution in [0.2, 0.25) is 0 Å². The van der Waals surface area contributed by atoms with Gasteiger partial charge in [-0.2, -0.15) is 0 Å². The normalized spacial score (nSPS) is 35.2. The summed E-state index contributed by atoms with van der Waals surface area (Å²) in [7, 11) is 1.83. The lowest BCUT2D eigenvalue weighted by molar-refractivity contribution is 0.0368. The van der Waals surface area contributed by atoms with Gasteiger partial charge < -0.3 is 4.74 Å². The number of hydrogen-bond acceptors (Lipinski definition) is 1. The van der Waals surface area contributed by atoms with E-state index in [1.54, 1.807) is 0 Å². The van der Waals surface area contributed by atoms with E-state index in [9.17, 15) is 0 Å². The third-order valence-corrected chi connectivity index (χ3v) is 2.88. The monoisotopic (exact) mass is 172 g/mol. The van der Waals surface area contributed by atoms with Gasteiger partial charge in [-0.05, 0) is 31.1 Å². The third kappa shape index (κ3) is 3.57. The molecule has 3 unspecified atom stereocenters. The summed E-state index contributed by atoms with van der Waals surface area (Å²) in [4.78, 5) is 0. The molecule has 0 bridgehead atoms. The van der Waals surface area contributed by atoms with Crippen molar-refractivity contribution in [2.24, 2.45) is 11.8 Å². The smallest absolute Gasteiger partial charge is 0.0574 e. The van der Waals surface area contributed by atoms with Crippen molar-refractivity contribution >= 4 is 0 Å². The molecule has 1 rings (SSSR count). The van der Waals surface area contributed by atoms with Crippen molar-refractivity contribution in [1.82, 2.24) is 0 Å². The van der Waals surface area contributed by atoms with Gasteiger partial charge in [-0.25, -0.2) is 0 Å². The molecule has 0 heterocycles. The first-order valence-electron chi connectivity index (χ1n) is 5.26. The molecule has 1 aliphatic carbocycles. The highest BCUT2D eigenvalue weighted by Gasteiger charge is 2.23. The summed E-state index contributed by atoms with van der Waals surface area (Å²) >= 11 is 0. The van der Waals surface area contributed by atoms with Crippen LogP contribution in [0.5, 0.6) is 0 Å². The van der Waals surface area contributed by atoms with E-state index < -0.39 is 0 Å². The van der Waals surface area contributed by atoms with Crippen molar-refractivity contribution in [3.05, 3.63) is 0 Å². The first kappa shape index (κ1) is 12.0. The second kappa shape index (κ2) is 6.47. The van der Waals surface area contributed by atoms with Crippen LogP contribution in [0.4, 0.5) is 0 Å². The lowest BCUT2D eigenvalue weighted by atomic mass is 9.80. The Morgan fingerprint density at radius 2 is 1.58 bits per heavy atom. The Balaban J connectivity index is 0.000000561. The van der Waals surface area contributed by atoms with Crippen LogP contribution in [0.15, 0.2) is 0 Å². The van der Waals surface area contributed by atoms with Gasteiger partial charge in [0.1, 0.15) is 0 Å². The van der Waals surface area contributed by atoms with Crippen molar-refractivity contribution in [1.29, 1.82) is 0 Å². The molecular formula is C11H24O. The van der Waals surface area contributed by atoms with E-state index in [-0.39, 0.29) is 0 Å². The largest absolute Gasteiger partial charge is 0.381 e. The van der Waals surface area contributed by atoms with Gasteiger partial charge in [-0.15, -0.1) is 0 Å². The lowest BCUT2D eigenvalue weighted by Gasteiger charge is -2.30. The fourth-order valence-electron chi connectivity index (χ4n) is 1.71. The molecule has 12 heavy (non-hydrogen) atoms. The van der Waals surface area contributed by atoms with Gasteiger partial charge in [0, 0.05) is 7.11 Å². The summed E-state index contributed by atoms with van der Waals surface area (Å²) in [5.74, 6) is 1.77. The first-order chi connectivity index (χ1) is 5.74. The molecule has 0 aromatic rings. The van der Waals surface area contributed by atoms with E-state index in [2.05, 4.69) is 13.8 Å². The Kier molecular flexibility index (Phi) is 6.45.